The summed E-state index contributed by atoms with van der Waals surface area (Å²) in [5, 5.41) is 1.33. The first-order valence-electron chi connectivity index (χ1n) is 5.95. The van der Waals surface area contributed by atoms with Crippen LogP contribution < -0.4 is 5.73 Å². The van der Waals surface area contributed by atoms with E-state index in [0.29, 0.717) is 16.6 Å². The van der Waals surface area contributed by atoms with Gasteiger partial charge in [0.15, 0.2) is 0 Å². The topological polar surface area (TPSA) is 38.5 Å². The number of nitrogens with zero attached hydrogens (tertiary/aromatic N) is 1. The van der Waals surface area contributed by atoms with Crippen molar-refractivity contribution in [2.75, 3.05) is 33.9 Å². The highest BCUT2D eigenvalue weighted by atomic mass is 35.5. The van der Waals surface area contributed by atoms with Crippen LogP contribution in [0.1, 0.15) is 18.0 Å². The van der Waals surface area contributed by atoms with Crippen LogP contribution in [0.25, 0.3) is 0 Å². The van der Waals surface area contributed by atoms with Crippen molar-refractivity contribution in [3.8, 4) is 0 Å². The van der Waals surface area contributed by atoms with Gasteiger partial charge < -0.3 is 10.5 Å². The highest BCUT2D eigenvalue weighted by Gasteiger charge is 2.20. The Morgan fingerprint density at radius 1 is 1.33 bits per heavy atom. The molecule has 0 aliphatic rings. The molecule has 3 nitrogen and oxygen atoms in total. The molecule has 0 amide bonds. The Bertz CT molecular complexity index is 354. The van der Waals surface area contributed by atoms with Crippen molar-refractivity contribution >= 4 is 23.2 Å². The third-order valence-corrected chi connectivity index (χ3v) is 3.61. The van der Waals surface area contributed by atoms with Gasteiger partial charge in [-0.15, -0.1) is 0 Å². The predicted octanol–water partition coefficient (Wildman–Crippen LogP) is 2.96. The number of rotatable bonds is 7. The first kappa shape index (κ1) is 15.7. The summed E-state index contributed by atoms with van der Waals surface area (Å²) in [5.74, 6) is 0. The summed E-state index contributed by atoms with van der Waals surface area (Å²) in [4.78, 5) is 2.16. The van der Waals surface area contributed by atoms with Crippen molar-refractivity contribution in [2.24, 2.45) is 5.73 Å². The third-order valence-electron chi connectivity index (χ3n) is 2.95. The summed E-state index contributed by atoms with van der Waals surface area (Å²) in [7, 11) is 3.72. The Labute approximate surface area is 119 Å². The molecule has 0 heterocycles. The fourth-order valence-electron chi connectivity index (χ4n) is 1.96. The van der Waals surface area contributed by atoms with Crippen LogP contribution in [-0.4, -0.2) is 38.8 Å². The van der Waals surface area contributed by atoms with E-state index in [4.69, 9.17) is 33.7 Å². The van der Waals surface area contributed by atoms with E-state index in [0.717, 1.165) is 25.1 Å². The molecular formula is C13H20Cl2N2O. The molecule has 18 heavy (non-hydrogen) atoms. The number of nitrogens with two attached hydrogens (primary N) is 1. The molecule has 1 atom stereocenters. The Morgan fingerprint density at radius 3 is 2.44 bits per heavy atom. The average Bonchev–Trinajstić information content (AvgIpc) is 2.34. The van der Waals surface area contributed by atoms with Crippen LogP contribution in [0.3, 0.4) is 0 Å². The third kappa shape index (κ3) is 4.11. The molecule has 2 N–H and O–H groups in total. The first-order valence-corrected chi connectivity index (χ1v) is 6.70. The summed E-state index contributed by atoms with van der Waals surface area (Å²) in [6, 6.07) is 5.55. The number of methoxy groups -OCH3 is 1. The van der Waals surface area contributed by atoms with Gasteiger partial charge in [-0.25, -0.2) is 0 Å². The van der Waals surface area contributed by atoms with Gasteiger partial charge in [-0.05, 0) is 25.6 Å². The minimum atomic E-state index is 0.0306. The van der Waals surface area contributed by atoms with E-state index >= 15 is 0 Å². The molecule has 0 saturated carbocycles. The molecule has 0 bridgehead atoms. The average molecular weight is 291 g/mol. The van der Waals surface area contributed by atoms with Crippen molar-refractivity contribution < 1.29 is 4.74 Å². The molecule has 0 aromatic heterocycles. The molecule has 0 radical (unpaired) electrons. The van der Waals surface area contributed by atoms with E-state index in [1.165, 1.54) is 0 Å². The van der Waals surface area contributed by atoms with E-state index in [1.807, 2.05) is 25.2 Å². The molecule has 0 saturated heterocycles. The van der Waals surface area contributed by atoms with Crippen LogP contribution in [0.2, 0.25) is 10.0 Å². The molecule has 0 fully saturated rings. The normalized spacial score (nSPS) is 13.0. The van der Waals surface area contributed by atoms with E-state index in [2.05, 4.69) is 4.90 Å². The number of ether oxygens (including phenoxy) is 1. The maximum Gasteiger partial charge on any atom is 0.0496 e. The maximum atomic E-state index is 6.22. The summed E-state index contributed by atoms with van der Waals surface area (Å²) in [5.41, 5.74) is 6.76. The van der Waals surface area contributed by atoms with Crippen molar-refractivity contribution in [1.29, 1.82) is 0 Å². The highest BCUT2D eigenvalue weighted by molar-refractivity contribution is 6.36. The Kier molecular flexibility index (Phi) is 6.97. The van der Waals surface area contributed by atoms with E-state index in [9.17, 15) is 0 Å². The molecule has 1 aromatic carbocycles. The van der Waals surface area contributed by atoms with Gasteiger partial charge >= 0.3 is 0 Å². The lowest BCUT2D eigenvalue weighted by Crippen LogP contribution is -2.32. The quantitative estimate of drug-likeness (QED) is 0.785. The second-order valence-corrected chi connectivity index (χ2v) is 5.03. The van der Waals surface area contributed by atoms with Crippen LogP contribution in [0, 0.1) is 0 Å². The summed E-state index contributed by atoms with van der Waals surface area (Å²) < 4.78 is 5.05. The van der Waals surface area contributed by atoms with Crippen molar-refractivity contribution in [3.05, 3.63) is 33.8 Å². The molecule has 0 aliphatic carbocycles. The van der Waals surface area contributed by atoms with E-state index in [1.54, 1.807) is 7.11 Å². The van der Waals surface area contributed by atoms with Gasteiger partial charge in [-0.3, -0.25) is 4.90 Å². The molecule has 1 unspecified atom stereocenters. The van der Waals surface area contributed by atoms with Gasteiger partial charge in [-0.1, -0.05) is 29.3 Å². The fraction of sp³-hybridized carbons (Fsp3) is 0.538. The molecule has 1 aromatic rings. The summed E-state index contributed by atoms with van der Waals surface area (Å²) in [6.45, 7) is 2.10. The molecule has 1 rings (SSSR count). The second kappa shape index (κ2) is 7.97. The van der Waals surface area contributed by atoms with Crippen molar-refractivity contribution in [1.82, 2.24) is 4.90 Å². The number of hydrogen-bond donors (Lipinski definition) is 1. The van der Waals surface area contributed by atoms with Crippen molar-refractivity contribution in [3.63, 3.8) is 0 Å². The first-order chi connectivity index (χ1) is 8.61. The van der Waals surface area contributed by atoms with E-state index < -0.39 is 0 Å². The predicted molar refractivity (Wildman–Crippen MR) is 77.4 cm³/mol. The molecule has 5 heteroatoms. The number of halogens is 2. The molecule has 102 valence electrons. The van der Waals surface area contributed by atoms with Crippen LogP contribution >= 0.6 is 23.2 Å². The standard InChI is InChI=1S/C13H20Cl2N2O/c1-17(7-4-8-18-2)12(9-16)13-10(14)5-3-6-11(13)15/h3,5-6,12H,4,7-9,16H2,1-2H3. The van der Waals surface area contributed by atoms with Gasteiger partial charge in [0.25, 0.3) is 0 Å². The van der Waals surface area contributed by atoms with Crippen LogP contribution in [0.15, 0.2) is 18.2 Å². The number of likely N-dealkylation sites (N-methyl/N-ethyl adjacent to an activating group) is 1. The smallest absolute Gasteiger partial charge is 0.0496 e. The van der Waals surface area contributed by atoms with E-state index in [-0.39, 0.29) is 6.04 Å². The maximum absolute atomic E-state index is 6.22. The minimum Gasteiger partial charge on any atom is -0.385 e. The van der Waals surface area contributed by atoms with Crippen LogP contribution in [0.5, 0.6) is 0 Å². The van der Waals surface area contributed by atoms with Crippen LogP contribution in [0.4, 0.5) is 0 Å². The number of hydrogen-bond acceptors (Lipinski definition) is 3. The zero-order chi connectivity index (χ0) is 13.5. The van der Waals surface area contributed by atoms with Gasteiger partial charge in [0.2, 0.25) is 0 Å². The lowest BCUT2D eigenvalue weighted by molar-refractivity contribution is 0.166. The minimum absolute atomic E-state index is 0.0306. The van der Waals surface area contributed by atoms with Gasteiger partial charge in [0.05, 0.1) is 0 Å². The van der Waals surface area contributed by atoms with Crippen molar-refractivity contribution in [2.45, 2.75) is 12.5 Å². The largest absolute Gasteiger partial charge is 0.385 e. The molecule has 0 aliphatic heterocycles. The zero-order valence-corrected chi connectivity index (χ0v) is 12.3. The Morgan fingerprint density at radius 2 is 1.94 bits per heavy atom. The Balaban J connectivity index is 2.82. The highest BCUT2D eigenvalue weighted by Crippen LogP contribution is 2.32. The summed E-state index contributed by atoms with van der Waals surface area (Å²) >= 11 is 12.4. The number of benzene rings is 1. The second-order valence-electron chi connectivity index (χ2n) is 4.21. The lowest BCUT2D eigenvalue weighted by Gasteiger charge is -2.28. The zero-order valence-electron chi connectivity index (χ0n) is 10.8. The lowest BCUT2D eigenvalue weighted by atomic mass is 10.1. The van der Waals surface area contributed by atoms with Gasteiger partial charge in [0, 0.05) is 48.5 Å². The SMILES string of the molecule is COCCCN(C)C(CN)c1c(Cl)cccc1Cl. The summed E-state index contributed by atoms with van der Waals surface area (Å²) in [6.07, 6.45) is 0.950. The fourth-order valence-corrected chi connectivity index (χ4v) is 2.61. The van der Waals surface area contributed by atoms with Crippen LogP contribution in [-0.2, 0) is 4.74 Å². The monoisotopic (exact) mass is 290 g/mol. The molecular weight excluding hydrogens is 271 g/mol. The Hall–Kier alpha value is -0.320. The molecule has 0 spiro atoms. The van der Waals surface area contributed by atoms with Gasteiger partial charge in [-0.2, -0.15) is 0 Å². The van der Waals surface area contributed by atoms with Gasteiger partial charge in [0.1, 0.15) is 0 Å².